The maximum Gasteiger partial charge on any atom is 0.190 e. The Labute approximate surface area is 139 Å². The summed E-state index contributed by atoms with van der Waals surface area (Å²) < 4.78 is 1.87. The van der Waals surface area contributed by atoms with Crippen LogP contribution in [0.15, 0.2) is 41.6 Å². The Balaban J connectivity index is 2.23. The van der Waals surface area contributed by atoms with Gasteiger partial charge >= 0.3 is 0 Å². The van der Waals surface area contributed by atoms with Crippen molar-refractivity contribution < 1.29 is 4.79 Å². The third-order valence-electron chi connectivity index (χ3n) is 3.78. The van der Waals surface area contributed by atoms with Crippen LogP contribution in [0.1, 0.15) is 25.1 Å². The molecule has 0 saturated carbocycles. The van der Waals surface area contributed by atoms with E-state index in [1.54, 1.807) is 6.92 Å². The van der Waals surface area contributed by atoms with Crippen LogP contribution in [-0.4, -0.2) is 25.6 Å². The fraction of sp³-hybridized carbons (Fsp3) is 0.278. The van der Waals surface area contributed by atoms with E-state index >= 15 is 0 Å². The van der Waals surface area contributed by atoms with Crippen LogP contribution in [0.25, 0.3) is 16.8 Å². The number of nitrogens with zero attached hydrogens (tertiary/aromatic N) is 3. The first-order valence-electron chi connectivity index (χ1n) is 7.57. The molecule has 0 spiro atoms. The van der Waals surface area contributed by atoms with Gasteiger partial charge in [-0.1, -0.05) is 42.1 Å². The molecule has 2 aromatic heterocycles. The highest BCUT2D eigenvalue weighted by molar-refractivity contribution is 8.00. The Bertz CT molecular complexity index is 871. The SMILES string of the molecule is CC(=O)C(C)Sc1nc(-c2ccccc2)c2c(C)cc(C)nn12. The summed E-state index contributed by atoms with van der Waals surface area (Å²) in [7, 11) is 0. The lowest BCUT2D eigenvalue weighted by Crippen LogP contribution is -2.09. The average molecular weight is 325 g/mol. The minimum atomic E-state index is -0.146. The third kappa shape index (κ3) is 3.01. The van der Waals surface area contributed by atoms with Crippen LogP contribution in [0.4, 0.5) is 0 Å². The number of aryl methyl sites for hydroxylation is 2. The second kappa shape index (κ2) is 6.16. The molecule has 0 bridgehead atoms. The molecule has 4 nitrogen and oxygen atoms in total. The highest BCUT2D eigenvalue weighted by atomic mass is 32.2. The van der Waals surface area contributed by atoms with Gasteiger partial charge < -0.3 is 0 Å². The Kier molecular flexibility index (Phi) is 4.22. The summed E-state index contributed by atoms with van der Waals surface area (Å²) in [6.45, 7) is 7.55. The van der Waals surface area contributed by atoms with Gasteiger partial charge in [-0.15, -0.1) is 0 Å². The van der Waals surface area contributed by atoms with E-state index in [-0.39, 0.29) is 11.0 Å². The predicted octanol–water partition coefficient (Wildman–Crippen LogP) is 4.08. The van der Waals surface area contributed by atoms with E-state index < -0.39 is 0 Å². The monoisotopic (exact) mass is 325 g/mol. The molecule has 1 atom stereocenters. The van der Waals surface area contributed by atoms with Crippen LogP contribution in [0.5, 0.6) is 0 Å². The summed E-state index contributed by atoms with van der Waals surface area (Å²) in [4.78, 5) is 16.4. The van der Waals surface area contributed by atoms with Gasteiger partial charge in [0, 0.05) is 5.56 Å². The molecule has 0 N–H and O–H groups in total. The van der Waals surface area contributed by atoms with Crippen LogP contribution in [0, 0.1) is 13.8 Å². The van der Waals surface area contributed by atoms with Crippen molar-refractivity contribution >= 4 is 23.1 Å². The second-order valence-electron chi connectivity index (χ2n) is 5.71. The number of benzene rings is 1. The van der Waals surface area contributed by atoms with Crippen LogP contribution < -0.4 is 0 Å². The van der Waals surface area contributed by atoms with Crippen LogP contribution in [-0.2, 0) is 4.79 Å². The van der Waals surface area contributed by atoms with Gasteiger partial charge in [-0.3, -0.25) is 4.79 Å². The van der Waals surface area contributed by atoms with Gasteiger partial charge in [0.25, 0.3) is 0 Å². The number of aromatic nitrogens is 3. The predicted molar refractivity (Wildman–Crippen MR) is 93.9 cm³/mol. The van der Waals surface area contributed by atoms with Gasteiger partial charge in [-0.05, 0) is 39.3 Å². The molecule has 1 unspecified atom stereocenters. The van der Waals surface area contributed by atoms with E-state index in [2.05, 4.69) is 18.1 Å². The van der Waals surface area contributed by atoms with Crippen molar-refractivity contribution in [2.24, 2.45) is 0 Å². The van der Waals surface area contributed by atoms with E-state index in [9.17, 15) is 4.79 Å². The zero-order valence-electron chi connectivity index (χ0n) is 13.7. The molecule has 0 amide bonds. The molecular weight excluding hydrogens is 306 g/mol. The molecule has 2 heterocycles. The first kappa shape index (κ1) is 15.7. The van der Waals surface area contributed by atoms with Crippen molar-refractivity contribution in [3.63, 3.8) is 0 Å². The Hall–Kier alpha value is -2.14. The van der Waals surface area contributed by atoms with E-state index in [1.165, 1.54) is 11.8 Å². The molecule has 3 aromatic rings. The summed E-state index contributed by atoms with van der Waals surface area (Å²) in [6.07, 6.45) is 0. The second-order valence-corrected chi connectivity index (χ2v) is 7.02. The number of fused-ring (bicyclic) bond motifs is 1. The van der Waals surface area contributed by atoms with Gasteiger partial charge in [0.05, 0.1) is 22.2 Å². The van der Waals surface area contributed by atoms with Crippen molar-refractivity contribution in [2.75, 3.05) is 0 Å². The lowest BCUT2D eigenvalue weighted by Gasteiger charge is -2.07. The van der Waals surface area contributed by atoms with Gasteiger partial charge in [0.2, 0.25) is 0 Å². The van der Waals surface area contributed by atoms with Crippen LogP contribution in [0.3, 0.4) is 0 Å². The third-order valence-corrected chi connectivity index (χ3v) is 4.94. The van der Waals surface area contributed by atoms with Gasteiger partial charge in [0.1, 0.15) is 5.78 Å². The number of ketones is 1. The van der Waals surface area contributed by atoms with Gasteiger partial charge in [0.15, 0.2) is 5.16 Å². The first-order chi connectivity index (χ1) is 11.0. The standard InChI is InChI=1S/C18H19N3OS/c1-11-10-12(2)20-21-17(11)16(15-8-6-5-7-9-15)19-18(21)23-14(4)13(3)22/h5-10,14H,1-4H3. The van der Waals surface area contributed by atoms with Gasteiger partial charge in [-0.25, -0.2) is 9.50 Å². The summed E-state index contributed by atoms with van der Waals surface area (Å²) in [5.74, 6) is 0.136. The number of carbonyl (C=O) groups is 1. The first-order valence-corrected chi connectivity index (χ1v) is 8.45. The van der Waals surface area contributed by atoms with Crippen LogP contribution >= 0.6 is 11.8 Å². The molecule has 23 heavy (non-hydrogen) atoms. The summed E-state index contributed by atoms with van der Waals surface area (Å²) in [5, 5.41) is 5.23. The largest absolute Gasteiger partial charge is 0.299 e. The Morgan fingerprint density at radius 3 is 2.57 bits per heavy atom. The number of hydrogen-bond acceptors (Lipinski definition) is 4. The van der Waals surface area contributed by atoms with E-state index in [1.807, 2.05) is 48.7 Å². The topological polar surface area (TPSA) is 47.3 Å². The maximum absolute atomic E-state index is 11.6. The normalized spacial score (nSPS) is 12.5. The molecule has 3 rings (SSSR count). The van der Waals surface area contributed by atoms with E-state index in [4.69, 9.17) is 4.98 Å². The van der Waals surface area contributed by atoms with E-state index in [0.29, 0.717) is 0 Å². The van der Waals surface area contributed by atoms with Crippen LogP contribution in [0.2, 0.25) is 0 Å². The fourth-order valence-electron chi connectivity index (χ4n) is 2.52. The molecule has 1 aromatic carbocycles. The zero-order valence-corrected chi connectivity index (χ0v) is 14.5. The molecule has 0 fully saturated rings. The molecule has 118 valence electrons. The maximum atomic E-state index is 11.6. The molecule has 0 radical (unpaired) electrons. The minimum Gasteiger partial charge on any atom is -0.299 e. The summed E-state index contributed by atoms with van der Waals surface area (Å²) in [6, 6.07) is 12.1. The molecule has 0 saturated heterocycles. The molecular formula is C18H19N3OS. The zero-order chi connectivity index (χ0) is 16.6. The van der Waals surface area contributed by atoms with Crippen molar-refractivity contribution in [1.29, 1.82) is 0 Å². The number of rotatable bonds is 4. The smallest absolute Gasteiger partial charge is 0.190 e. The number of thioether (sulfide) groups is 1. The quantitative estimate of drug-likeness (QED) is 0.678. The lowest BCUT2D eigenvalue weighted by molar-refractivity contribution is -0.116. The lowest BCUT2D eigenvalue weighted by atomic mass is 10.1. The molecule has 0 aliphatic carbocycles. The molecule has 5 heteroatoms. The van der Waals surface area contributed by atoms with Gasteiger partial charge in [-0.2, -0.15) is 5.10 Å². The summed E-state index contributed by atoms with van der Waals surface area (Å²) >= 11 is 1.45. The fourth-order valence-corrected chi connectivity index (χ4v) is 3.38. The van der Waals surface area contributed by atoms with E-state index in [0.717, 1.165) is 33.2 Å². The number of hydrogen-bond donors (Lipinski definition) is 0. The molecule has 0 aliphatic rings. The minimum absolute atomic E-state index is 0.136. The van der Waals surface area contributed by atoms with Crippen molar-refractivity contribution in [1.82, 2.24) is 14.6 Å². The number of carbonyl (C=O) groups excluding carboxylic acids is 1. The Morgan fingerprint density at radius 2 is 1.91 bits per heavy atom. The number of Topliss-reactive ketones (excluding diaryl/α,β-unsaturated/α-hetero) is 1. The average Bonchev–Trinajstić information content (AvgIpc) is 2.87. The van der Waals surface area contributed by atoms with Crippen molar-refractivity contribution in [2.45, 2.75) is 38.1 Å². The van der Waals surface area contributed by atoms with Crippen molar-refractivity contribution in [3.05, 3.63) is 47.7 Å². The van der Waals surface area contributed by atoms with Crippen molar-refractivity contribution in [3.8, 4) is 11.3 Å². The Morgan fingerprint density at radius 1 is 1.22 bits per heavy atom. The number of imidazole rings is 1. The summed E-state index contributed by atoms with van der Waals surface area (Å²) in [5.41, 5.74) is 5.03. The highest BCUT2D eigenvalue weighted by Crippen LogP contribution is 2.32. The highest BCUT2D eigenvalue weighted by Gasteiger charge is 2.20. The molecule has 0 aliphatic heterocycles.